The van der Waals surface area contributed by atoms with Crippen LogP contribution in [0.1, 0.15) is 29.9 Å². The van der Waals surface area contributed by atoms with Crippen molar-refractivity contribution in [3.63, 3.8) is 0 Å². The van der Waals surface area contributed by atoms with Gasteiger partial charge in [0.25, 0.3) is 5.91 Å². The number of aryl methyl sites for hydroxylation is 2. The van der Waals surface area contributed by atoms with Crippen LogP contribution >= 0.6 is 0 Å². The van der Waals surface area contributed by atoms with E-state index in [1.807, 2.05) is 61.1 Å². The third-order valence-corrected chi connectivity index (χ3v) is 5.93. The van der Waals surface area contributed by atoms with Gasteiger partial charge in [-0.05, 0) is 69.5 Å². The topological polar surface area (TPSA) is 62.5 Å². The lowest BCUT2D eigenvalue weighted by Gasteiger charge is -2.29. The fraction of sp³-hybridized carbons (Fsp3) is 0.292. The molecule has 152 valence electrons. The first kappa shape index (κ1) is 18.8. The zero-order chi connectivity index (χ0) is 20.7. The fourth-order valence-corrected chi connectivity index (χ4v) is 4.34. The van der Waals surface area contributed by atoms with Crippen LogP contribution in [0.15, 0.2) is 66.2 Å². The van der Waals surface area contributed by atoms with Gasteiger partial charge in [0, 0.05) is 23.5 Å². The van der Waals surface area contributed by atoms with Gasteiger partial charge in [0.2, 0.25) is 0 Å². The number of rotatable bonds is 2. The molecule has 2 aromatic heterocycles. The summed E-state index contributed by atoms with van der Waals surface area (Å²) in [4.78, 5) is 19.5. The molecule has 1 fully saturated rings. The van der Waals surface area contributed by atoms with Gasteiger partial charge >= 0.3 is 0 Å². The van der Waals surface area contributed by atoms with Crippen molar-refractivity contribution in [3.8, 4) is 0 Å². The summed E-state index contributed by atoms with van der Waals surface area (Å²) < 4.78 is 1.84. The second-order valence-corrected chi connectivity index (χ2v) is 8.07. The molecule has 0 unspecified atom stereocenters. The van der Waals surface area contributed by atoms with Gasteiger partial charge in [-0.3, -0.25) is 14.7 Å². The smallest absolute Gasteiger partial charge is 0.255 e. The van der Waals surface area contributed by atoms with Crippen molar-refractivity contribution in [2.24, 2.45) is 5.92 Å². The molecule has 30 heavy (non-hydrogen) atoms. The van der Waals surface area contributed by atoms with E-state index in [0.29, 0.717) is 5.92 Å². The van der Waals surface area contributed by atoms with Gasteiger partial charge in [0.1, 0.15) is 0 Å². The maximum absolute atomic E-state index is 13.2. The number of carbonyl (C=O) groups is 1. The Balaban J connectivity index is 1.50. The molecule has 0 saturated carbocycles. The average molecular weight is 399 g/mol. The van der Waals surface area contributed by atoms with Crippen molar-refractivity contribution in [2.75, 3.05) is 13.1 Å². The van der Waals surface area contributed by atoms with Crippen LogP contribution in [0.25, 0.3) is 11.1 Å². The van der Waals surface area contributed by atoms with Crippen LogP contribution < -0.4 is 5.32 Å². The quantitative estimate of drug-likeness (QED) is 0.840. The maximum Gasteiger partial charge on any atom is 0.255 e. The van der Waals surface area contributed by atoms with Crippen LogP contribution in [-0.2, 0) is 4.79 Å². The second-order valence-electron chi connectivity index (χ2n) is 8.07. The Morgan fingerprint density at radius 2 is 1.97 bits per heavy atom. The highest BCUT2D eigenvalue weighted by molar-refractivity contribution is 5.99. The zero-order valence-corrected chi connectivity index (χ0v) is 17.3. The number of carbonyl (C=O) groups excluding carboxylic acids is 1. The van der Waals surface area contributed by atoms with E-state index >= 15 is 0 Å². The second kappa shape index (κ2) is 7.54. The van der Waals surface area contributed by atoms with Crippen LogP contribution in [0, 0.1) is 19.8 Å². The van der Waals surface area contributed by atoms with Gasteiger partial charge in [-0.1, -0.05) is 18.2 Å². The van der Waals surface area contributed by atoms with E-state index in [-0.39, 0.29) is 5.91 Å². The molecule has 6 nitrogen and oxygen atoms in total. The predicted octanol–water partition coefficient (Wildman–Crippen LogP) is 3.47. The summed E-state index contributed by atoms with van der Waals surface area (Å²) in [6.07, 6.45) is 17.9. The molecule has 6 heteroatoms. The van der Waals surface area contributed by atoms with Crippen molar-refractivity contribution in [2.45, 2.75) is 26.7 Å². The number of aromatic nitrogens is 3. The molecule has 2 aromatic rings. The standard InChI is InChI=1S/C24H25N5O/c1-16-14-29-23(17(2)26-16)13-22(27-29)19-4-3-5-21-7-6-20(15-28(21)24(30)12-19)18-8-10-25-11-9-18/h3-7,12-15,18,25H,8-11H2,1-2H3/b4-3?,19-12?,21-5+. The summed E-state index contributed by atoms with van der Waals surface area (Å²) in [6.45, 7) is 5.99. The van der Waals surface area contributed by atoms with Gasteiger partial charge in [-0.15, -0.1) is 0 Å². The Labute approximate surface area is 176 Å². The average Bonchev–Trinajstić information content (AvgIpc) is 3.16. The Morgan fingerprint density at radius 3 is 2.80 bits per heavy atom. The monoisotopic (exact) mass is 399 g/mol. The van der Waals surface area contributed by atoms with Crippen molar-refractivity contribution in [3.05, 3.63) is 83.3 Å². The molecule has 0 bridgehead atoms. The highest BCUT2D eigenvalue weighted by atomic mass is 16.2. The van der Waals surface area contributed by atoms with Crippen LogP contribution in [0.2, 0.25) is 0 Å². The fourth-order valence-electron chi connectivity index (χ4n) is 4.34. The first-order valence-corrected chi connectivity index (χ1v) is 10.5. The number of nitrogens with zero attached hydrogens (tertiary/aromatic N) is 4. The summed E-state index contributed by atoms with van der Waals surface area (Å²) in [5.41, 5.74) is 6.46. The van der Waals surface area contributed by atoms with Gasteiger partial charge in [0.15, 0.2) is 0 Å². The van der Waals surface area contributed by atoms with Crippen molar-refractivity contribution >= 4 is 17.0 Å². The molecule has 0 radical (unpaired) electrons. The first-order valence-electron chi connectivity index (χ1n) is 10.5. The highest BCUT2D eigenvalue weighted by Crippen LogP contribution is 2.29. The SMILES string of the molecule is Cc1cn2nc(C3=CC(=O)N4C=C(C5CCNCC5)C=C/C4=C\C=C3)cc2c(C)n1. The highest BCUT2D eigenvalue weighted by Gasteiger charge is 2.23. The lowest BCUT2D eigenvalue weighted by Crippen LogP contribution is -2.31. The zero-order valence-electron chi connectivity index (χ0n) is 17.3. The van der Waals surface area contributed by atoms with Crippen molar-refractivity contribution in [1.82, 2.24) is 24.8 Å². The maximum atomic E-state index is 13.2. The van der Waals surface area contributed by atoms with Crippen LogP contribution in [0.4, 0.5) is 0 Å². The molecule has 0 aromatic carbocycles. The molecule has 0 spiro atoms. The predicted molar refractivity (Wildman–Crippen MR) is 117 cm³/mol. The molecular weight excluding hydrogens is 374 g/mol. The number of fused-ring (bicyclic) bond motifs is 2. The summed E-state index contributed by atoms with van der Waals surface area (Å²) in [5.74, 6) is 0.443. The Morgan fingerprint density at radius 1 is 1.13 bits per heavy atom. The van der Waals surface area contributed by atoms with Gasteiger partial charge in [-0.25, -0.2) is 4.52 Å². The lowest BCUT2D eigenvalue weighted by molar-refractivity contribution is -0.122. The first-order chi connectivity index (χ1) is 14.6. The van der Waals surface area contributed by atoms with Crippen LogP contribution in [-0.4, -0.2) is 38.5 Å². The molecule has 1 amide bonds. The molecule has 3 aliphatic rings. The minimum atomic E-state index is -0.0560. The van der Waals surface area contributed by atoms with Gasteiger partial charge in [0.05, 0.1) is 28.8 Å². The number of hydrogen-bond acceptors (Lipinski definition) is 4. The molecule has 5 heterocycles. The Bertz CT molecular complexity index is 1170. The van der Waals surface area contributed by atoms with E-state index < -0.39 is 0 Å². The van der Waals surface area contributed by atoms with E-state index in [4.69, 9.17) is 0 Å². The lowest BCUT2D eigenvalue weighted by atomic mass is 9.88. The Hall–Kier alpha value is -3.25. The third kappa shape index (κ3) is 3.44. The van der Waals surface area contributed by atoms with E-state index in [1.165, 1.54) is 5.57 Å². The largest absolute Gasteiger partial charge is 0.317 e. The van der Waals surface area contributed by atoms with Gasteiger partial charge < -0.3 is 5.32 Å². The molecule has 1 saturated heterocycles. The summed E-state index contributed by atoms with van der Waals surface area (Å²) in [5, 5.41) is 8.09. The summed E-state index contributed by atoms with van der Waals surface area (Å²) >= 11 is 0. The number of allylic oxidation sites excluding steroid dienone is 7. The molecule has 0 atom stereocenters. The number of amides is 1. The third-order valence-electron chi connectivity index (χ3n) is 5.93. The van der Waals surface area contributed by atoms with Crippen LogP contribution in [0.5, 0.6) is 0 Å². The van der Waals surface area contributed by atoms with E-state index in [1.54, 1.807) is 11.0 Å². The van der Waals surface area contributed by atoms with Crippen LogP contribution in [0.3, 0.4) is 0 Å². The van der Waals surface area contributed by atoms with E-state index in [0.717, 1.165) is 59.8 Å². The minimum absolute atomic E-state index is 0.0560. The normalized spacial score (nSPS) is 21.6. The van der Waals surface area contributed by atoms with Crippen molar-refractivity contribution < 1.29 is 4.79 Å². The molecule has 1 N–H and O–H groups in total. The number of hydrogen-bond donors (Lipinski definition) is 1. The minimum Gasteiger partial charge on any atom is -0.317 e. The summed E-state index contributed by atoms with van der Waals surface area (Å²) in [6, 6.07) is 1.99. The molecule has 5 rings (SSSR count). The molecular formula is C24H25N5O. The van der Waals surface area contributed by atoms with Gasteiger partial charge in [-0.2, -0.15) is 5.10 Å². The molecule has 0 aliphatic carbocycles. The molecule has 3 aliphatic heterocycles. The van der Waals surface area contributed by atoms with E-state index in [9.17, 15) is 4.79 Å². The Kier molecular flexibility index (Phi) is 4.71. The number of nitrogens with one attached hydrogen (secondary N) is 1. The van der Waals surface area contributed by atoms with E-state index in [2.05, 4.69) is 21.5 Å². The van der Waals surface area contributed by atoms with Crippen molar-refractivity contribution in [1.29, 1.82) is 0 Å². The number of piperidine rings is 1. The summed E-state index contributed by atoms with van der Waals surface area (Å²) in [7, 11) is 0.